The molecule has 0 spiro atoms. The van der Waals surface area contributed by atoms with E-state index in [1.807, 2.05) is 20.8 Å². The van der Waals surface area contributed by atoms with Crippen LogP contribution in [0.2, 0.25) is 0 Å². The Hall–Kier alpha value is -0.130. The predicted molar refractivity (Wildman–Crippen MR) is 62.3 cm³/mol. The molecular formula is C10H22N2O2S. The number of nitrogens with one attached hydrogen (secondary N) is 1. The van der Waals surface area contributed by atoms with Crippen molar-refractivity contribution in [3.63, 3.8) is 0 Å². The Labute approximate surface area is 93.1 Å². The minimum atomic E-state index is -3.03. The van der Waals surface area contributed by atoms with Gasteiger partial charge in [0.25, 0.3) is 0 Å². The molecule has 1 atom stereocenters. The maximum Gasteiger partial charge on any atom is 0.215 e. The number of sulfonamides is 1. The molecule has 0 radical (unpaired) electrons. The van der Waals surface area contributed by atoms with E-state index in [2.05, 4.69) is 5.32 Å². The predicted octanol–water partition coefficient (Wildman–Crippen LogP) is 0.798. The number of hydrogen-bond donors (Lipinski definition) is 1. The summed E-state index contributed by atoms with van der Waals surface area (Å²) in [6, 6.07) is 0.533. The van der Waals surface area contributed by atoms with Gasteiger partial charge < -0.3 is 5.32 Å². The summed E-state index contributed by atoms with van der Waals surface area (Å²) in [6.45, 7) is 7.27. The van der Waals surface area contributed by atoms with Crippen molar-refractivity contribution < 1.29 is 8.42 Å². The number of hydrogen-bond acceptors (Lipinski definition) is 3. The van der Waals surface area contributed by atoms with Gasteiger partial charge in [-0.15, -0.1) is 0 Å². The van der Waals surface area contributed by atoms with Crippen molar-refractivity contribution >= 4 is 10.0 Å². The Bertz CT molecular complexity index is 288. The van der Waals surface area contributed by atoms with Gasteiger partial charge in [0, 0.05) is 25.2 Å². The Morgan fingerprint density at radius 1 is 1.47 bits per heavy atom. The van der Waals surface area contributed by atoms with Gasteiger partial charge in [-0.3, -0.25) is 0 Å². The van der Waals surface area contributed by atoms with E-state index in [4.69, 9.17) is 0 Å². The summed E-state index contributed by atoms with van der Waals surface area (Å²) in [4.78, 5) is 0. The zero-order valence-electron chi connectivity index (χ0n) is 9.86. The first kappa shape index (κ1) is 12.9. The lowest BCUT2D eigenvalue weighted by atomic mass is 10.3. The minimum Gasteiger partial charge on any atom is -0.313 e. The van der Waals surface area contributed by atoms with Gasteiger partial charge in [0.1, 0.15) is 0 Å². The fourth-order valence-corrected chi connectivity index (χ4v) is 3.59. The quantitative estimate of drug-likeness (QED) is 0.765. The monoisotopic (exact) mass is 234 g/mol. The molecule has 1 aliphatic heterocycles. The number of nitrogens with zero attached hydrogens (tertiary/aromatic N) is 1. The lowest BCUT2D eigenvalue weighted by Gasteiger charge is -2.21. The van der Waals surface area contributed by atoms with Gasteiger partial charge in [0.05, 0.1) is 5.75 Å². The fourth-order valence-electron chi connectivity index (χ4n) is 1.91. The highest BCUT2D eigenvalue weighted by Gasteiger charge is 2.30. The molecule has 90 valence electrons. The van der Waals surface area contributed by atoms with E-state index in [1.54, 1.807) is 4.31 Å². The first-order chi connectivity index (χ1) is 6.93. The van der Waals surface area contributed by atoms with Crippen molar-refractivity contribution in [2.75, 3.05) is 18.8 Å². The van der Waals surface area contributed by atoms with Crippen LogP contribution in [0.3, 0.4) is 0 Å². The molecule has 0 aromatic rings. The Balaban J connectivity index is 2.44. The van der Waals surface area contributed by atoms with Crippen LogP contribution in [0.25, 0.3) is 0 Å². The molecule has 1 rings (SSSR count). The second kappa shape index (κ2) is 5.27. The Kier molecular flexibility index (Phi) is 4.55. The molecule has 0 amide bonds. The fraction of sp³-hybridized carbons (Fsp3) is 1.00. The van der Waals surface area contributed by atoms with E-state index in [0.717, 1.165) is 12.8 Å². The van der Waals surface area contributed by atoms with Gasteiger partial charge in [-0.05, 0) is 19.8 Å². The average Bonchev–Trinajstić information content (AvgIpc) is 2.50. The smallest absolute Gasteiger partial charge is 0.215 e. The van der Waals surface area contributed by atoms with Crippen LogP contribution < -0.4 is 5.32 Å². The molecule has 0 aromatic carbocycles. The summed E-state index contributed by atoms with van der Waals surface area (Å²) in [7, 11) is -3.03. The molecule has 0 aromatic heterocycles. The lowest BCUT2D eigenvalue weighted by Crippen LogP contribution is -2.39. The van der Waals surface area contributed by atoms with Crippen molar-refractivity contribution in [3.8, 4) is 0 Å². The topological polar surface area (TPSA) is 49.4 Å². The van der Waals surface area contributed by atoms with Gasteiger partial charge in [-0.25, -0.2) is 8.42 Å². The number of rotatable bonds is 5. The highest BCUT2D eigenvalue weighted by Crippen LogP contribution is 2.20. The van der Waals surface area contributed by atoms with Crippen molar-refractivity contribution in [1.82, 2.24) is 9.62 Å². The lowest BCUT2D eigenvalue weighted by molar-refractivity contribution is 0.407. The summed E-state index contributed by atoms with van der Waals surface area (Å²) in [5, 5.41) is 3.13. The first-order valence-corrected chi connectivity index (χ1v) is 7.27. The highest BCUT2D eigenvalue weighted by molar-refractivity contribution is 7.89. The van der Waals surface area contributed by atoms with Crippen LogP contribution in [0, 0.1) is 0 Å². The van der Waals surface area contributed by atoms with Crippen LogP contribution in [0.5, 0.6) is 0 Å². The summed E-state index contributed by atoms with van der Waals surface area (Å²) in [5.41, 5.74) is 0. The molecule has 0 saturated carbocycles. The van der Waals surface area contributed by atoms with E-state index in [-0.39, 0.29) is 11.8 Å². The van der Waals surface area contributed by atoms with Crippen LogP contribution in [-0.2, 0) is 10.0 Å². The van der Waals surface area contributed by atoms with Crippen LogP contribution in [-0.4, -0.2) is 43.6 Å². The van der Waals surface area contributed by atoms with Crippen LogP contribution >= 0.6 is 0 Å². The van der Waals surface area contributed by atoms with E-state index in [1.165, 1.54) is 0 Å². The van der Waals surface area contributed by atoms with Crippen LogP contribution in [0.1, 0.15) is 33.6 Å². The molecule has 4 nitrogen and oxygen atoms in total. The van der Waals surface area contributed by atoms with Crippen molar-refractivity contribution in [2.45, 2.75) is 45.7 Å². The molecule has 1 N–H and O–H groups in total. The van der Waals surface area contributed by atoms with E-state index >= 15 is 0 Å². The summed E-state index contributed by atoms with van der Waals surface area (Å²) in [6.07, 6.45) is 1.99. The van der Waals surface area contributed by atoms with E-state index in [9.17, 15) is 8.42 Å². The van der Waals surface area contributed by atoms with Crippen molar-refractivity contribution in [2.24, 2.45) is 0 Å². The SMILES string of the molecule is CC(C)NCCS(=O)(=O)N1CCCC1C. The van der Waals surface area contributed by atoms with Gasteiger partial charge >= 0.3 is 0 Å². The molecule has 5 heteroatoms. The third-order valence-electron chi connectivity index (χ3n) is 2.76. The molecule has 1 heterocycles. The zero-order valence-corrected chi connectivity index (χ0v) is 10.7. The van der Waals surface area contributed by atoms with Crippen LogP contribution in [0.4, 0.5) is 0 Å². The Morgan fingerprint density at radius 2 is 2.13 bits per heavy atom. The van der Waals surface area contributed by atoms with Gasteiger partial charge in [0.2, 0.25) is 10.0 Å². The molecule has 1 fully saturated rings. The third-order valence-corrected chi connectivity index (χ3v) is 4.74. The maximum atomic E-state index is 11.9. The second-order valence-electron chi connectivity index (χ2n) is 4.53. The molecule has 1 saturated heterocycles. The van der Waals surface area contributed by atoms with Crippen LogP contribution in [0.15, 0.2) is 0 Å². The molecule has 0 aliphatic carbocycles. The van der Waals surface area contributed by atoms with E-state index in [0.29, 0.717) is 19.1 Å². The Morgan fingerprint density at radius 3 is 2.60 bits per heavy atom. The largest absolute Gasteiger partial charge is 0.313 e. The maximum absolute atomic E-state index is 11.9. The summed E-state index contributed by atoms with van der Waals surface area (Å²) >= 11 is 0. The molecule has 0 bridgehead atoms. The highest BCUT2D eigenvalue weighted by atomic mass is 32.2. The molecule has 15 heavy (non-hydrogen) atoms. The molecule has 1 aliphatic rings. The normalized spacial score (nSPS) is 23.9. The molecular weight excluding hydrogens is 212 g/mol. The minimum absolute atomic E-state index is 0.189. The van der Waals surface area contributed by atoms with Gasteiger partial charge in [-0.1, -0.05) is 13.8 Å². The van der Waals surface area contributed by atoms with Gasteiger partial charge in [-0.2, -0.15) is 4.31 Å². The van der Waals surface area contributed by atoms with Crippen molar-refractivity contribution in [1.29, 1.82) is 0 Å². The standard InChI is InChI=1S/C10H22N2O2S/c1-9(2)11-6-8-15(13,14)12-7-4-5-10(12)3/h9-11H,4-8H2,1-3H3. The van der Waals surface area contributed by atoms with E-state index < -0.39 is 10.0 Å². The van der Waals surface area contributed by atoms with Gasteiger partial charge in [0.15, 0.2) is 0 Å². The first-order valence-electron chi connectivity index (χ1n) is 5.66. The molecule has 1 unspecified atom stereocenters. The third kappa shape index (κ3) is 3.74. The average molecular weight is 234 g/mol. The zero-order chi connectivity index (χ0) is 11.5. The second-order valence-corrected chi connectivity index (χ2v) is 6.57. The summed E-state index contributed by atoms with van der Waals surface area (Å²) in [5.74, 6) is 0.218. The summed E-state index contributed by atoms with van der Waals surface area (Å²) < 4.78 is 25.5. The van der Waals surface area contributed by atoms with Crippen molar-refractivity contribution in [3.05, 3.63) is 0 Å².